The first-order valence-electron chi connectivity index (χ1n) is 9.60. The fraction of sp³-hybridized carbons (Fsp3) is 0.409. The molecule has 0 spiro atoms. The molecule has 0 aromatic heterocycles. The Hall–Kier alpha value is -2.38. The van der Waals surface area contributed by atoms with Crippen LogP contribution in [-0.4, -0.2) is 44.1 Å². The Balaban J connectivity index is 1.85. The summed E-state index contributed by atoms with van der Waals surface area (Å²) >= 11 is 0. The molecule has 29 heavy (non-hydrogen) atoms. The summed E-state index contributed by atoms with van der Waals surface area (Å²) in [5.74, 6) is 0.538. The number of sulfonamides is 1. The van der Waals surface area contributed by atoms with Gasteiger partial charge in [-0.2, -0.15) is 8.42 Å². The zero-order chi connectivity index (χ0) is 21.2. The molecule has 156 valence electrons. The van der Waals surface area contributed by atoms with E-state index in [9.17, 15) is 8.42 Å². The first-order chi connectivity index (χ1) is 13.5. The molecule has 0 radical (unpaired) electrons. The van der Waals surface area contributed by atoms with Crippen molar-refractivity contribution in [1.29, 1.82) is 0 Å². The van der Waals surface area contributed by atoms with E-state index in [0.717, 1.165) is 11.1 Å². The van der Waals surface area contributed by atoms with E-state index in [-0.39, 0.29) is 22.6 Å². The van der Waals surface area contributed by atoms with Crippen LogP contribution in [0, 0.1) is 13.8 Å². The Morgan fingerprint density at radius 1 is 1.03 bits per heavy atom. The second-order valence-corrected chi connectivity index (χ2v) is 9.91. The van der Waals surface area contributed by atoms with E-state index < -0.39 is 10.0 Å². The van der Waals surface area contributed by atoms with Crippen molar-refractivity contribution in [2.24, 2.45) is 4.40 Å². The number of ether oxygens (including phenoxy) is 2. The minimum Gasteiger partial charge on any atom is -0.425 e. The van der Waals surface area contributed by atoms with E-state index in [1.807, 2.05) is 46.8 Å². The highest BCUT2D eigenvalue weighted by molar-refractivity contribution is 7.90. The summed E-state index contributed by atoms with van der Waals surface area (Å²) in [6.45, 7) is 10.9. The molecule has 0 unspecified atom stereocenters. The lowest BCUT2D eigenvalue weighted by atomic mass is 10.2. The number of amidine groups is 1. The van der Waals surface area contributed by atoms with E-state index in [1.54, 1.807) is 41.3 Å². The van der Waals surface area contributed by atoms with E-state index in [1.165, 1.54) is 0 Å². The van der Waals surface area contributed by atoms with Gasteiger partial charge in [-0.1, -0.05) is 35.4 Å². The van der Waals surface area contributed by atoms with E-state index in [2.05, 4.69) is 4.40 Å². The third-order valence-electron chi connectivity index (χ3n) is 4.42. The molecule has 1 aliphatic heterocycles. The molecule has 1 atom stereocenters. The van der Waals surface area contributed by atoms with Gasteiger partial charge in [-0.25, -0.2) is 0 Å². The molecule has 1 heterocycles. The van der Waals surface area contributed by atoms with Crippen molar-refractivity contribution >= 4 is 16.0 Å². The third kappa shape index (κ3) is 6.05. The zero-order valence-corrected chi connectivity index (χ0v) is 18.4. The summed E-state index contributed by atoms with van der Waals surface area (Å²) in [5, 5.41) is 0. The standard InChI is InChI=1S/C22H28N2O4S/c1-16-6-10-19(11-7-16)28-21(24-14-18(24)15-27-22(3,4)5)23-29(25,26)20-12-8-17(2)9-13-20/h6-13,18H,14-15H2,1-5H3/b23-21+/t18-,24?/m1/s1. The Kier molecular flexibility index (Phi) is 6.00. The third-order valence-corrected chi connectivity index (χ3v) is 5.68. The summed E-state index contributed by atoms with van der Waals surface area (Å²) < 4.78 is 41.4. The molecule has 1 saturated heterocycles. The Labute approximate surface area is 173 Å². The SMILES string of the molecule is Cc1ccc(O/C(=N/S(=O)(=O)c2ccc(C)cc2)N2C[C@@H]2COC(C)(C)C)cc1. The van der Waals surface area contributed by atoms with E-state index >= 15 is 0 Å². The van der Waals surface area contributed by atoms with Gasteiger partial charge in [0.2, 0.25) is 0 Å². The van der Waals surface area contributed by atoms with Gasteiger partial charge in [0.05, 0.1) is 23.1 Å². The highest BCUT2D eigenvalue weighted by Crippen LogP contribution is 2.25. The molecular weight excluding hydrogens is 388 g/mol. The maximum atomic E-state index is 12.8. The lowest BCUT2D eigenvalue weighted by Gasteiger charge is -2.19. The lowest BCUT2D eigenvalue weighted by Crippen LogP contribution is -2.27. The van der Waals surface area contributed by atoms with Gasteiger partial charge in [-0.3, -0.25) is 0 Å². The van der Waals surface area contributed by atoms with Crippen molar-refractivity contribution in [2.45, 2.75) is 51.2 Å². The van der Waals surface area contributed by atoms with Crippen LogP contribution in [0.5, 0.6) is 5.75 Å². The average Bonchev–Trinajstić information content (AvgIpc) is 3.41. The molecule has 0 aliphatic carbocycles. The van der Waals surface area contributed by atoms with Gasteiger partial charge in [0, 0.05) is 6.54 Å². The van der Waals surface area contributed by atoms with Crippen molar-refractivity contribution in [3.05, 3.63) is 59.7 Å². The van der Waals surface area contributed by atoms with Crippen LogP contribution in [0.3, 0.4) is 0 Å². The van der Waals surface area contributed by atoms with Crippen molar-refractivity contribution in [1.82, 2.24) is 4.90 Å². The molecule has 2 aromatic rings. The van der Waals surface area contributed by atoms with E-state index in [4.69, 9.17) is 9.47 Å². The number of hydrogen-bond acceptors (Lipinski definition) is 4. The first kappa shape index (κ1) is 21.3. The molecule has 1 fully saturated rings. The molecule has 1 aliphatic rings. The van der Waals surface area contributed by atoms with Crippen LogP contribution in [0.2, 0.25) is 0 Å². The van der Waals surface area contributed by atoms with E-state index in [0.29, 0.717) is 18.9 Å². The van der Waals surface area contributed by atoms with Gasteiger partial charge >= 0.3 is 6.02 Å². The number of hydrogen-bond donors (Lipinski definition) is 0. The molecule has 0 amide bonds. The smallest absolute Gasteiger partial charge is 0.309 e. The Morgan fingerprint density at radius 3 is 2.14 bits per heavy atom. The van der Waals surface area contributed by atoms with Gasteiger partial charge in [-0.15, -0.1) is 4.40 Å². The van der Waals surface area contributed by atoms with Crippen LogP contribution >= 0.6 is 0 Å². The summed E-state index contributed by atoms with van der Waals surface area (Å²) in [7, 11) is -3.90. The summed E-state index contributed by atoms with van der Waals surface area (Å²) in [5.41, 5.74) is 1.80. The van der Waals surface area contributed by atoms with Crippen LogP contribution in [0.1, 0.15) is 31.9 Å². The maximum absolute atomic E-state index is 12.8. The minimum absolute atomic E-state index is 0.0339. The maximum Gasteiger partial charge on any atom is 0.309 e. The predicted molar refractivity (Wildman–Crippen MR) is 114 cm³/mol. The monoisotopic (exact) mass is 416 g/mol. The van der Waals surface area contributed by atoms with Crippen LogP contribution in [0.15, 0.2) is 57.8 Å². The Bertz CT molecular complexity index is 975. The highest BCUT2D eigenvalue weighted by atomic mass is 32.2. The van der Waals surface area contributed by atoms with Gasteiger partial charge < -0.3 is 14.4 Å². The molecule has 0 saturated carbocycles. The Morgan fingerprint density at radius 2 is 1.59 bits per heavy atom. The molecular formula is C22H28N2O4S. The number of nitrogens with zero attached hydrogens (tertiary/aromatic N) is 2. The van der Waals surface area contributed by atoms with Gasteiger partial charge in [-0.05, 0) is 58.9 Å². The van der Waals surface area contributed by atoms with Crippen molar-refractivity contribution in [3.8, 4) is 5.75 Å². The minimum atomic E-state index is -3.90. The van der Waals surface area contributed by atoms with Crippen LogP contribution in [0.25, 0.3) is 0 Å². The fourth-order valence-electron chi connectivity index (χ4n) is 2.61. The summed E-state index contributed by atoms with van der Waals surface area (Å²) in [6.07, 6.45) is 0. The molecule has 0 bridgehead atoms. The van der Waals surface area contributed by atoms with Gasteiger partial charge in [0.1, 0.15) is 5.75 Å². The zero-order valence-electron chi connectivity index (χ0n) is 17.5. The van der Waals surface area contributed by atoms with Crippen molar-refractivity contribution < 1.29 is 17.9 Å². The molecule has 2 aromatic carbocycles. The van der Waals surface area contributed by atoms with Crippen LogP contribution in [-0.2, 0) is 14.8 Å². The highest BCUT2D eigenvalue weighted by Gasteiger charge is 2.40. The number of aryl methyl sites for hydroxylation is 2. The van der Waals surface area contributed by atoms with Gasteiger partial charge in [0.25, 0.3) is 10.0 Å². The topological polar surface area (TPSA) is 68.0 Å². The first-order valence-corrected chi connectivity index (χ1v) is 11.0. The molecule has 6 nitrogen and oxygen atoms in total. The average molecular weight is 417 g/mol. The predicted octanol–water partition coefficient (Wildman–Crippen LogP) is 3.93. The van der Waals surface area contributed by atoms with Crippen molar-refractivity contribution in [3.63, 3.8) is 0 Å². The molecule has 3 rings (SSSR count). The number of benzene rings is 2. The quantitative estimate of drug-likeness (QED) is 0.420. The fourth-order valence-corrected chi connectivity index (χ4v) is 3.54. The van der Waals surface area contributed by atoms with Crippen LogP contribution < -0.4 is 4.74 Å². The molecule has 0 N–H and O–H groups in total. The normalized spacial score (nSPS) is 17.3. The number of rotatable bonds is 5. The second kappa shape index (κ2) is 8.16. The summed E-state index contributed by atoms with van der Waals surface area (Å²) in [6, 6.07) is 14.1. The molecule has 7 heteroatoms. The second-order valence-electron chi connectivity index (χ2n) is 8.31. The summed E-state index contributed by atoms with van der Waals surface area (Å²) in [4.78, 5) is 1.94. The van der Waals surface area contributed by atoms with Gasteiger partial charge in [0.15, 0.2) is 0 Å². The van der Waals surface area contributed by atoms with Crippen LogP contribution in [0.4, 0.5) is 0 Å². The lowest BCUT2D eigenvalue weighted by molar-refractivity contribution is -0.00414. The van der Waals surface area contributed by atoms with Crippen molar-refractivity contribution in [2.75, 3.05) is 13.2 Å². The largest absolute Gasteiger partial charge is 0.425 e.